The van der Waals surface area contributed by atoms with Crippen molar-refractivity contribution >= 4 is 17.5 Å². The Hall–Kier alpha value is -2.66. The van der Waals surface area contributed by atoms with Crippen LogP contribution in [0.3, 0.4) is 0 Å². The molecule has 1 heterocycles. The van der Waals surface area contributed by atoms with Crippen molar-refractivity contribution in [2.75, 3.05) is 18.4 Å². The van der Waals surface area contributed by atoms with Crippen LogP contribution in [0.25, 0.3) is 11.1 Å². The van der Waals surface area contributed by atoms with Gasteiger partial charge in [0, 0.05) is 24.3 Å². The maximum absolute atomic E-state index is 12.3. The van der Waals surface area contributed by atoms with Gasteiger partial charge in [0.15, 0.2) is 0 Å². The summed E-state index contributed by atoms with van der Waals surface area (Å²) < 4.78 is 0. The van der Waals surface area contributed by atoms with Crippen molar-refractivity contribution in [1.29, 1.82) is 0 Å². The fourth-order valence-corrected chi connectivity index (χ4v) is 2.92. The van der Waals surface area contributed by atoms with Gasteiger partial charge in [-0.25, -0.2) is 0 Å². The quantitative estimate of drug-likeness (QED) is 0.833. The van der Waals surface area contributed by atoms with E-state index < -0.39 is 17.9 Å². The van der Waals surface area contributed by atoms with E-state index in [9.17, 15) is 14.7 Å². The second-order valence-corrected chi connectivity index (χ2v) is 5.91. The number of carbonyl (C=O) groups excluding carboxylic acids is 2. The smallest absolute Gasteiger partial charge is 0.313 e. The number of nitrogens with one attached hydrogen (secondary N) is 1. The van der Waals surface area contributed by atoms with Gasteiger partial charge in [0.25, 0.3) is 0 Å². The predicted octanol–water partition coefficient (Wildman–Crippen LogP) is 2.28. The summed E-state index contributed by atoms with van der Waals surface area (Å²) >= 11 is 0. The third-order valence-electron chi connectivity index (χ3n) is 4.14. The van der Waals surface area contributed by atoms with Crippen LogP contribution in [0, 0.1) is 0 Å². The minimum atomic E-state index is -0.674. The lowest BCUT2D eigenvalue weighted by molar-refractivity contribution is -0.145. The summed E-state index contributed by atoms with van der Waals surface area (Å²) in [7, 11) is 0. The minimum absolute atomic E-state index is 0.215. The van der Waals surface area contributed by atoms with Gasteiger partial charge >= 0.3 is 11.8 Å². The Labute approximate surface area is 140 Å². The molecular weight excluding hydrogens is 304 g/mol. The first-order valence-corrected chi connectivity index (χ1v) is 8.08. The molecule has 0 aliphatic carbocycles. The van der Waals surface area contributed by atoms with Gasteiger partial charge in [0.1, 0.15) is 0 Å². The molecular formula is C19H20N2O3. The third-order valence-corrected chi connectivity index (χ3v) is 4.14. The van der Waals surface area contributed by atoms with Crippen LogP contribution in [-0.4, -0.2) is 41.0 Å². The van der Waals surface area contributed by atoms with Gasteiger partial charge in [-0.1, -0.05) is 48.5 Å². The number of anilines is 1. The second-order valence-electron chi connectivity index (χ2n) is 5.91. The van der Waals surface area contributed by atoms with Gasteiger partial charge in [-0.05, 0) is 24.5 Å². The van der Waals surface area contributed by atoms with E-state index in [1.807, 2.05) is 48.5 Å². The molecule has 1 aliphatic heterocycles. The molecule has 1 fully saturated rings. The summed E-state index contributed by atoms with van der Waals surface area (Å²) in [6, 6.07) is 17.1. The zero-order valence-corrected chi connectivity index (χ0v) is 13.3. The number of benzene rings is 2. The fraction of sp³-hybridized carbons (Fsp3) is 0.263. The molecule has 1 unspecified atom stereocenters. The predicted molar refractivity (Wildman–Crippen MR) is 92.3 cm³/mol. The van der Waals surface area contributed by atoms with E-state index >= 15 is 0 Å². The lowest BCUT2D eigenvalue weighted by atomic mass is 10.0. The van der Waals surface area contributed by atoms with Crippen molar-refractivity contribution in [3.8, 4) is 11.1 Å². The number of piperidine rings is 1. The molecule has 2 aromatic rings. The number of likely N-dealkylation sites (tertiary alicyclic amines) is 1. The van der Waals surface area contributed by atoms with Crippen LogP contribution >= 0.6 is 0 Å². The summed E-state index contributed by atoms with van der Waals surface area (Å²) in [5.41, 5.74) is 2.42. The third kappa shape index (κ3) is 3.63. The highest BCUT2D eigenvalue weighted by Crippen LogP contribution is 2.27. The van der Waals surface area contributed by atoms with Gasteiger partial charge in [-0.3, -0.25) is 9.59 Å². The van der Waals surface area contributed by atoms with Gasteiger partial charge in [0.2, 0.25) is 0 Å². The van der Waals surface area contributed by atoms with Crippen LogP contribution in [0.2, 0.25) is 0 Å². The summed E-state index contributed by atoms with van der Waals surface area (Å²) in [6.45, 7) is 0.718. The second kappa shape index (κ2) is 7.27. The van der Waals surface area contributed by atoms with Crippen LogP contribution in [0.1, 0.15) is 12.8 Å². The molecule has 2 amide bonds. The van der Waals surface area contributed by atoms with Crippen molar-refractivity contribution in [3.63, 3.8) is 0 Å². The first kappa shape index (κ1) is 16.2. The molecule has 24 heavy (non-hydrogen) atoms. The molecule has 2 aromatic carbocycles. The van der Waals surface area contributed by atoms with Crippen LogP contribution < -0.4 is 5.32 Å². The molecule has 5 heteroatoms. The molecule has 1 aliphatic rings. The molecule has 1 atom stereocenters. The highest BCUT2D eigenvalue weighted by Gasteiger charge is 2.27. The minimum Gasteiger partial charge on any atom is -0.391 e. The zero-order valence-electron chi connectivity index (χ0n) is 13.3. The van der Waals surface area contributed by atoms with E-state index in [0.717, 1.165) is 11.1 Å². The normalized spacial score (nSPS) is 17.4. The van der Waals surface area contributed by atoms with Crippen LogP contribution in [0.15, 0.2) is 54.6 Å². The van der Waals surface area contributed by atoms with E-state index in [1.54, 1.807) is 6.07 Å². The molecule has 0 spiro atoms. The molecule has 0 aromatic heterocycles. The molecule has 0 saturated carbocycles. The summed E-state index contributed by atoms with van der Waals surface area (Å²) in [5.74, 6) is -1.27. The van der Waals surface area contributed by atoms with Crippen molar-refractivity contribution < 1.29 is 14.7 Å². The Morgan fingerprint density at radius 3 is 2.50 bits per heavy atom. The van der Waals surface area contributed by atoms with Gasteiger partial charge in [-0.15, -0.1) is 0 Å². The Balaban J connectivity index is 1.76. The number of aliphatic hydroxyl groups excluding tert-OH is 1. The van der Waals surface area contributed by atoms with Crippen molar-refractivity contribution in [2.45, 2.75) is 18.9 Å². The van der Waals surface area contributed by atoms with Crippen molar-refractivity contribution in [3.05, 3.63) is 54.6 Å². The van der Waals surface area contributed by atoms with E-state index in [-0.39, 0.29) is 6.54 Å². The van der Waals surface area contributed by atoms with Gasteiger partial charge < -0.3 is 15.3 Å². The highest BCUT2D eigenvalue weighted by molar-refractivity contribution is 6.39. The van der Waals surface area contributed by atoms with Crippen LogP contribution in [0.5, 0.6) is 0 Å². The summed E-state index contributed by atoms with van der Waals surface area (Å²) in [6.07, 6.45) is 0.829. The fourth-order valence-electron chi connectivity index (χ4n) is 2.92. The maximum Gasteiger partial charge on any atom is 0.313 e. The number of nitrogens with zero attached hydrogens (tertiary/aromatic N) is 1. The zero-order chi connectivity index (χ0) is 16.9. The summed E-state index contributed by atoms with van der Waals surface area (Å²) in [5, 5.41) is 12.4. The molecule has 0 bridgehead atoms. The highest BCUT2D eigenvalue weighted by atomic mass is 16.3. The molecule has 2 N–H and O–H groups in total. The number of aliphatic hydroxyl groups is 1. The Kier molecular flexibility index (Phi) is 4.91. The van der Waals surface area contributed by atoms with E-state index in [2.05, 4.69) is 5.32 Å². The lowest BCUT2D eigenvalue weighted by Gasteiger charge is -2.29. The number of β-amino-alcohol motifs (C(OH)–C–C–N with tert-alkyl or cyclic N) is 1. The standard InChI is InChI=1S/C19H20N2O3/c22-15-9-6-12-21(13-15)19(24)18(23)20-17-11-5-4-10-16(17)14-7-2-1-3-8-14/h1-5,7-8,10-11,15,22H,6,9,12-13H2,(H,20,23). The monoisotopic (exact) mass is 324 g/mol. The van der Waals surface area contributed by atoms with Crippen LogP contribution in [0.4, 0.5) is 5.69 Å². The van der Waals surface area contributed by atoms with E-state index in [0.29, 0.717) is 25.1 Å². The number of rotatable bonds is 2. The Morgan fingerprint density at radius 1 is 1.04 bits per heavy atom. The number of hydrogen-bond donors (Lipinski definition) is 2. The average Bonchev–Trinajstić information content (AvgIpc) is 2.62. The molecule has 3 rings (SSSR count). The summed E-state index contributed by atoms with van der Waals surface area (Å²) in [4.78, 5) is 26.0. The number of hydrogen-bond acceptors (Lipinski definition) is 3. The number of carbonyl (C=O) groups is 2. The van der Waals surface area contributed by atoms with E-state index in [1.165, 1.54) is 4.90 Å². The van der Waals surface area contributed by atoms with Gasteiger partial charge in [0.05, 0.1) is 6.10 Å². The largest absolute Gasteiger partial charge is 0.391 e. The molecule has 1 saturated heterocycles. The Bertz CT molecular complexity index is 730. The maximum atomic E-state index is 12.3. The van der Waals surface area contributed by atoms with Crippen LogP contribution in [-0.2, 0) is 9.59 Å². The van der Waals surface area contributed by atoms with Crippen molar-refractivity contribution in [2.24, 2.45) is 0 Å². The Morgan fingerprint density at radius 2 is 1.75 bits per heavy atom. The molecule has 5 nitrogen and oxygen atoms in total. The lowest BCUT2D eigenvalue weighted by Crippen LogP contribution is -2.46. The SMILES string of the molecule is O=C(Nc1ccccc1-c1ccccc1)C(=O)N1CCCC(O)C1. The topological polar surface area (TPSA) is 69.6 Å². The molecule has 124 valence electrons. The number of amides is 2. The average molecular weight is 324 g/mol. The van der Waals surface area contributed by atoms with E-state index in [4.69, 9.17) is 0 Å². The first-order chi connectivity index (χ1) is 11.6. The van der Waals surface area contributed by atoms with Gasteiger partial charge in [-0.2, -0.15) is 0 Å². The number of para-hydroxylation sites is 1. The molecule has 0 radical (unpaired) electrons. The first-order valence-electron chi connectivity index (χ1n) is 8.08. The van der Waals surface area contributed by atoms with Crippen molar-refractivity contribution in [1.82, 2.24) is 4.90 Å².